The first-order valence-electron chi connectivity index (χ1n) is 11.4. The number of carboxylic acids is 1. The summed E-state index contributed by atoms with van der Waals surface area (Å²) in [6.45, 7) is 2.61. The second kappa shape index (κ2) is 10.7. The number of benzene rings is 2. The number of rotatable bonds is 8. The van der Waals surface area contributed by atoms with Gasteiger partial charge in [0.25, 0.3) is 0 Å². The molecule has 1 atom stereocenters. The Labute approximate surface area is 197 Å². The number of aliphatic hydroxyl groups excluding tert-OH is 1. The molecule has 9 nitrogen and oxygen atoms in total. The first kappa shape index (κ1) is 23.7. The fourth-order valence-electron chi connectivity index (χ4n) is 4.71. The van der Waals surface area contributed by atoms with E-state index >= 15 is 0 Å². The summed E-state index contributed by atoms with van der Waals surface area (Å²) in [4.78, 5) is 40.5. The van der Waals surface area contributed by atoms with Gasteiger partial charge >= 0.3 is 12.1 Å². The number of carbonyl (C=O) groups excluding carboxylic acids is 2. The number of carboxylic acid groups (broad SMARTS) is 1. The number of fused-ring (bicyclic) bond motifs is 3. The Bertz CT molecular complexity index is 1000. The molecule has 1 unspecified atom stereocenters. The van der Waals surface area contributed by atoms with E-state index in [-0.39, 0.29) is 19.1 Å². The summed E-state index contributed by atoms with van der Waals surface area (Å²) in [7, 11) is 0. The first-order chi connectivity index (χ1) is 16.5. The van der Waals surface area contributed by atoms with Crippen molar-refractivity contribution >= 4 is 18.0 Å². The van der Waals surface area contributed by atoms with Gasteiger partial charge in [0.1, 0.15) is 12.6 Å². The highest BCUT2D eigenvalue weighted by Crippen LogP contribution is 2.44. The molecule has 4 rings (SSSR count). The average Bonchev–Trinajstić information content (AvgIpc) is 3.16. The van der Waals surface area contributed by atoms with Gasteiger partial charge in [-0.05, 0) is 22.3 Å². The number of piperazine rings is 1. The van der Waals surface area contributed by atoms with Gasteiger partial charge in [-0.25, -0.2) is 4.79 Å². The van der Waals surface area contributed by atoms with E-state index in [4.69, 9.17) is 9.84 Å². The van der Waals surface area contributed by atoms with Gasteiger partial charge in [-0.3, -0.25) is 14.5 Å². The van der Waals surface area contributed by atoms with E-state index in [9.17, 15) is 19.5 Å². The van der Waals surface area contributed by atoms with Crippen LogP contribution in [0.5, 0.6) is 0 Å². The third-order valence-electron chi connectivity index (χ3n) is 6.41. The normalized spacial score (nSPS) is 16.4. The van der Waals surface area contributed by atoms with Crippen molar-refractivity contribution in [3.63, 3.8) is 0 Å². The van der Waals surface area contributed by atoms with Gasteiger partial charge in [0.2, 0.25) is 5.91 Å². The highest BCUT2D eigenvalue weighted by atomic mass is 16.5. The van der Waals surface area contributed by atoms with Crippen molar-refractivity contribution in [1.29, 1.82) is 0 Å². The van der Waals surface area contributed by atoms with Crippen molar-refractivity contribution in [2.24, 2.45) is 0 Å². The third-order valence-corrected chi connectivity index (χ3v) is 6.41. The average molecular weight is 468 g/mol. The number of amides is 2. The summed E-state index contributed by atoms with van der Waals surface area (Å²) >= 11 is 0. The van der Waals surface area contributed by atoms with Gasteiger partial charge in [-0.1, -0.05) is 48.5 Å². The Morgan fingerprint density at radius 1 is 0.971 bits per heavy atom. The summed E-state index contributed by atoms with van der Waals surface area (Å²) in [5, 5.41) is 20.8. The van der Waals surface area contributed by atoms with E-state index in [1.54, 1.807) is 4.90 Å². The summed E-state index contributed by atoms with van der Waals surface area (Å²) in [5.74, 6) is -1.76. The van der Waals surface area contributed by atoms with Gasteiger partial charge in [-0.2, -0.15) is 0 Å². The number of ether oxygens (including phenoxy) is 1. The van der Waals surface area contributed by atoms with Crippen molar-refractivity contribution in [2.75, 3.05) is 45.9 Å². The van der Waals surface area contributed by atoms with E-state index in [0.717, 1.165) is 22.3 Å². The molecule has 1 aliphatic carbocycles. The standard InChI is InChI=1S/C25H29N3O6/c29-14-13-27-9-11-28(12-10-27)24(32)22(15-23(30)31)26-25(33)34-16-21-19-7-3-1-5-17(19)18-6-2-4-8-20(18)21/h1-8,21-22,29H,9-16H2,(H,26,33)(H,30,31). The quantitative estimate of drug-likeness (QED) is 0.538. The van der Waals surface area contributed by atoms with Crippen LogP contribution in [0.3, 0.4) is 0 Å². The van der Waals surface area contributed by atoms with Crippen molar-refractivity contribution in [2.45, 2.75) is 18.4 Å². The van der Waals surface area contributed by atoms with Crippen LogP contribution in [0, 0.1) is 0 Å². The number of alkyl carbamates (subject to hydrolysis) is 1. The monoisotopic (exact) mass is 467 g/mol. The molecule has 2 amide bonds. The lowest BCUT2D eigenvalue weighted by Gasteiger charge is -2.36. The lowest BCUT2D eigenvalue weighted by Crippen LogP contribution is -2.55. The molecule has 0 aromatic heterocycles. The van der Waals surface area contributed by atoms with E-state index in [1.165, 1.54) is 0 Å². The van der Waals surface area contributed by atoms with Crippen molar-refractivity contribution in [3.05, 3.63) is 59.7 Å². The fraction of sp³-hybridized carbons (Fsp3) is 0.400. The molecule has 2 aliphatic rings. The van der Waals surface area contributed by atoms with E-state index in [1.807, 2.05) is 53.4 Å². The van der Waals surface area contributed by atoms with Gasteiger partial charge in [-0.15, -0.1) is 0 Å². The molecule has 0 spiro atoms. The Balaban J connectivity index is 1.38. The lowest BCUT2D eigenvalue weighted by molar-refractivity contribution is -0.143. The molecule has 180 valence electrons. The minimum absolute atomic E-state index is 0.0406. The molecule has 9 heteroatoms. The summed E-state index contributed by atoms with van der Waals surface area (Å²) in [6.07, 6.45) is -1.35. The summed E-state index contributed by atoms with van der Waals surface area (Å²) in [5.41, 5.74) is 4.34. The Hall–Kier alpha value is -3.43. The summed E-state index contributed by atoms with van der Waals surface area (Å²) in [6, 6.07) is 14.7. The van der Waals surface area contributed by atoms with Crippen molar-refractivity contribution in [3.8, 4) is 11.1 Å². The minimum Gasteiger partial charge on any atom is -0.481 e. The van der Waals surface area contributed by atoms with Crippen molar-refractivity contribution in [1.82, 2.24) is 15.1 Å². The Kier molecular flexibility index (Phi) is 7.44. The number of carbonyl (C=O) groups is 3. The predicted octanol–water partition coefficient (Wildman–Crippen LogP) is 1.50. The van der Waals surface area contributed by atoms with Gasteiger partial charge < -0.3 is 25.2 Å². The molecule has 0 saturated carbocycles. The van der Waals surface area contributed by atoms with Crippen LogP contribution in [0.4, 0.5) is 4.79 Å². The van der Waals surface area contributed by atoms with Crippen LogP contribution in [-0.4, -0.2) is 90.0 Å². The Morgan fingerprint density at radius 2 is 1.56 bits per heavy atom. The fourth-order valence-corrected chi connectivity index (χ4v) is 4.71. The van der Waals surface area contributed by atoms with E-state index in [2.05, 4.69) is 5.32 Å². The number of nitrogens with one attached hydrogen (secondary N) is 1. The molecule has 34 heavy (non-hydrogen) atoms. The number of aliphatic carboxylic acids is 1. The molecular formula is C25H29N3O6. The van der Waals surface area contributed by atoms with Gasteiger partial charge in [0.15, 0.2) is 0 Å². The molecule has 1 fully saturated rings. The maximum Gasteiger partial charge on any atom is 0.407 e. The van der Waals surface area contributed by atoms with Crippen LogP contribution in [0.15, 0.2) is 48.5 Å². The second-order valence-electron chi connectivity index (χ2n) is 8.51. The molecular weight excluding hydrogens is 438 g/mol. The number of β-amino-alcohol motifs (C(OH)–C–C–N with tert-alkyl or cyclic N) is 1. The zero-order chi connectivity index (χ0) is 24.1. The number of hydrogen-bond donors (Lipinski definition) is 3. The SMILES string of the molecule is O=C(O)CC(NC(=O)OCC1c2ccccc2-c2ccccc21)C(=O)N1CCN(CCO)CC1. The molecule has 2 aromatic rings. The summed E-state index contributed by atoms with van der Waals surface area (Å²) < 4.78 is 5.49. The second-order valence-corrected chi connectivity index (χ2v) is 8.51. The van der Waals surface area contributed by atoms with Crippen molar-refractivity contribution < 1.29 is 29.3 Å². The number of nitrogens with zero attached hydrogens (tertiary/aromatic N) is 2. The zero-order valence-corrected chi connectivity index (χ0v) is 18.9. The minimum atomic E-state index is -1.21. The maximum atomic E-state index is 12.9. The lowest BCUT2D eigenvalue weighted by atomic mass is 9.98. The van der Waals surface area contributed by atoms with Crippen LogP contribution >= 0.6 is 0 Å². The van der Waals surface area contributed by atoms with Crippen LogP contribution < -0.4 is 5.32 Å². The topological polar surface area (TPSA) is 119 Å². The van der Waals surface area contributed by atoms with Crippen LogP contribution in [-0.2, 0) is 14.3 Å². The van der Waals surface area contributed by atoms with Gasteiger partial charge in [0.05, 0.1) is 13.0 Å². The molecule has 1 saturated heterocycles. The number of aliphatic hydroxyl groups is 1. The van der Waals surface area contributed by atoms with Crippen LogP contribution in [0.25, 0.3) is 11.1 Å². The van der Waals surface area contributed by atoms with E-state index in [0.29, 0.717) is 32.7 Å². The van der Waals surface area contributed by atoms with Crippen LogP contribution in [0.2, 0.25) is 0 Å². The van der Waals surface area contributed by atoms with E-state index < -0.39 is 30.4 Å². The molecule has 1 aliphatic heterocycles. The maximum absolute atomic E-state index is 12.9. The molecule has 3 N–H and O–H groups in total. The molecule has 0 bridgehead atoms. The van der Waals surface area contributed by atoms with Crippen LogP contribution in [0.1, 0.15) is 23.5 Å². The molecule has 2 aromatic carbocycles. The van der Waals surface area contributed by atoms with Gasteiger partial charge in [0, 0.05) is 38.6 Å². The first-order valence-corrected chi connectivity index (χ1v) is 11.4. The smallest absolute Gasteiger partial charge is 0.407 e. The molecule has 0 radical (unpaired) electrons. The predicted molar refractivity (Wildman–Crippen MR) is 124 cm³/mol. The zero-order valence-electron chi connectivity index (χ0n) is 18.9. The largest absolute Gasteiger partial charge is 0.481 e. The number of hydrogen-bond acceptors (Lipinski definition) is 6. The highest BCUT2D eigenvalue weighted by Gasteiger charge is 2.32. The Morgan fingerprint density at radius 3 is 2.12 bits per heavy atom. The molecule has 1 heterocycles. The highest BCUT2D eigenvalue weighted by molar-refractivity contribution is 5.89. The third kappa shape index (κ3) is 5.21.